The summed E-state index contributed by atoms with van der Waals surface area (Å²) in [6.45, 7) is 6.78. The normalized spacial score (nSPS) is 18.9. The minimum atomic E-state index is 0.0830. The van der Waals surface area contributed by atoms with Crippen LogP contribution in [0.15, 0.2) is 84.0 Å². The Morgan fingerprint density at radius 1 is 0.875 bits per heavy atom. The van der Waals surface area contributed by atoms with Crippen LogP contribution in [0, 0.1) is 6.42 Å². The Morgan fingerprint density at radius 3 is 2.03 bits per heavy atom. The van der Waals surface area contributed by atoms with E-state index in [1.165, 1.54) is 54.4 Å². The average Bonchev–Trinajstić information content (AvgIpc) is 2.84. The van der Waals surface area contributed by atoms with E-state index in [1.807, 2.05) is 0 Å². The summed E-state index contributed by atoms with van der Waals surface area (Å²) < 4.78 is 11.9. The van der Waals surface area contributed by atoms with E-state index in [0.29, 0.717) is 6.61 Å². The molecule has 0 saturated heterocycles. The summed E-state index contributed by atoms with van der Waals surface area (Å²) in [5.74, 6) is 1.87. The van der Waals surface area contributed by atoms with Gasteiger partial charge in [0.2, 0.25) is 0 Å². The molecule has 0 heterocycles. The minimum Gasteiger partial charge on any atom is -0.491 e. The van der Waals surface area contributed by atoms with Crippen molar-refractivity contribution in [3.8, 4) is 11.5 Å². The van der Waals surface area contributed by atoms with Crippen LogP contribution in [-0.4, -0.2) is 12.7 Å². The molecule has 0 aromatic heterocycles. The van der Waals surface area contributed by atoms with E-state index in [4.69, 9.17) is 9.47 Å². The Morgan fingerprint density at radius 2 is 1.50 bits per heavy atom. The minimum absolute atomic E-state index is 0.0830. The van der Waals surface area contributed by atoms with Crippen LogP contribution in [0.5, 0.6) is 11.5 Å². The Labute approximate surface area is 193 Å². The molecular formula is C30H35O2+. The summed E-state index contributed by atoms with van der Waals surface area (Å²) in [6, 6.07) is 17.6. The molecule has 2 aliphatic carbocycles. The standard InChI is InChI=1S/C30H35O2/c1-4-24-8-10-25(11-9-24)22-31-28-16-12-26(13-17-28)30(20-6-5-7-21-30)27-14-18-29(19-15-27)32-23(2)3/h4,8-19,23H,5-7,20-22H2,1-3H3/q+1. The van der Waals surface area contributed by atoms with E-state index in [2.05, 4.69) is 100 Å². The van der Waals surface area contributed by atoms with Crippen LogP contribution in [0.3, 0.4) is 0 Å². The van der Waals surface area contributed by atoms with Crippen LogP contribution >= 0.6 is 0 Å². The molecular weight excluding hydrogens is 392 g/mol. The van der Waals surface area contributed by atoms with E-state index in [1.54, 1.807) is 0 Å². The van der Waals surface area contributed by atoms with Gasteiger partial charge in [-0.3, -0.25) is 0 Å². The number of benzene rings is 2. The fourth-order valence-corrected chi connectivity index (χ4v) is 4.87. The van der Waals surface area contributed by atoms with Gasteiger partial charge in [0.05, 0.1) is 17.3 Å². The molecule has 2 aromatic carbocycles. The maximum Gasteiger partial charge on any atom is 0.146 e. The molecule has 0 bridgehead atoms. The third kappa shape index (κ3) is 5.12. The molecule has 0 N–H and O–H groups in total. The summed E-state index contributed by atoms with van der Waals surface area (Å²) in [5.41, 5.74) is 5.30. The van der Waals surface area contributed by atoms with Gasteiger partial charge in [-0.1, -0.05) is 43.5 Å². The highest BCUT2D eigenvalue weighted by molar-refractivity contribution is 5.45. The van der Waals surface area contributed by atoms with Crippen molar-refractivity contribution in [1.82, 2.24) is 0 Å². The maximum atomic E-state index is 6.07. The maximum absolute atomic E-state index is 6.07. The van der Waals surface area contributed by atoms with Crippen molar-refractivity contribution in [2.75, 3.05) is 6.61 Å². The molecule has 4 rings (SSSR count). The molecule has 0 radical (unpaired) electrons. The van der Waals surface area contributed by atoms with Gasteiger partial charge in [-0.2, -0.15) is 0 Å². The summed E-state index contributed by atoms with van der Waals surface area (Å²) in [7, 11) is 0. The van der Waals surface area contributed by atoms with E-state index in [9.17, 15) is 0 Å². The zero-order chi connectivity index (χ0) is 22.4. The van der Waals surface area contributed by atoms with E-state index < -0.39 is 0 Å². The van der Waals surface area contributed by atoms with Crippen molar-refractivity contribution < 1.29 is 9.47 Å². The first-order valence-electron chi connectivity index (χ1n) is 12.0. The predicted octanol–water partition coefficient (Wildman–Crippen LogP) is 7.75. The van der Waals surface area contributed by atoms with Crippen molar-refractivity contribution in [2.45, 2.75) is 64.4 Å². The first kappa shape index (κ1) is 22.3. The first-order chi connectivity index (χ1) is 15.6. The lowest BCUT2D eigenvalue weighted by molar-refractivity contribution is 0.242. The molecule has 2 nitrogen and oxygen atoms in total. The Kier molecular flexibility index (Phi) is 7.09. The number of allylic oxidation sites excluding steroid dienone is 4. The van der Waals surface area contributed by atoms with Crippen LogP contribution in [0.4, 0.5) is 0 Å². The van der Waals surface area contributed by atoms with Gasteiger partial charge >= 0.3 is 0 Å². The summed E-state index contributed by atoms with van der Waals surface area (Å²) in [5, 5.41) is 0. The van der Waals surface area contributed by atoms with Gasteiger partial charge in [0.25, 0.3) is 0 Å². The second-order valence-electron chi connectivity index (χ2n) is 9.18. The molecule has 1 saturated carbocycles. The van der Waals surface area contributed by atoms with Crippen LogP contribution in [0.2, 0.25) is 0 Å². The second-order valence-corrected chi connectivity index (χ2v) is 9.18. The van der Waals surface area contributed by atoms with Crippen molar-refractivity contribution in [1.29, 1.82) is 0 Å². The van der Waals surface area contributed by atoms with Gasteiger partial charge in [-0.15, -0.1) is 0 Å². The molecule has 32 heavy (non-hydrogen) atoms. The largest absolute Gasteiger partial charge is 0.491 e. The third-order valence-corrected chi connectivity index (χ3v) is 6.61. The van der Waals surface area contributed by atoms with Crippen molar-refractivity contribution in [3.05, 3.63) is 102 Å². The number of hydrogen-bond acceptors (Lipinski definition) is 2. The molecule has 0 atom stereocenters. The molecule has 2 aromatic rings. The van der Waals surface area contributed by atoms with Crippen molar-refractivity contribution >= 4 is 0 Å². The van der Waals surface area contributed by atoms with Crippen molar-refractivity contribution in [2.24, 2.45) is 0 Å². The quantitative estimate of drug-likeness (QED) is 0.421. The predicted molar refractivity (Wildman–Crippen MR) is 133 cm³/mol. The molecule has 166 valence electrons. The Hall–Kier alpha value is -2.87. The Balaban J connectivity index is 1.49. The van der Waals surface area contributed by atoms with Gasteiger partial charge in [0.1, 0.15) is 18.1 Å². The summed E-state index contributed by atoms with van der Waals surface area (Å²) in [6.07, 6.45) is 17.1. The molecule has 1 fully saturated rings. The van der Waals surface area contributed by atoms with Gasteiger partial charge in [-0.05, 0) is 75.1 Å². The van der Waals surface area contributed by atoms with E-state index >= 15 is 0 Å². The Bertz CT molecular complexity index is 968. The van der Waals surface area contributed by atoms with Gasteiger partial charge in [-0.25, -0.2) is 0 Å². The number of rotatable bonds is 7. The highest BCUT2D eigenvalue weighted by Gasteiger charge is 2.35. The summed E-state index contributed by atoms with van der Waals surface area (Å²) in [4.78, 5) is 0. The van der Waals surface area contributed by atoms with Crippen LogP contribution in [-0.2, 0) is 5.41 Å². The smallest absolute Gasteiger partial charge is 0.146 e. The second kappa shape index (κ2) is 10.2. The lowest BCUT2D eigenvalue weighted by atomic mass is 9.65. The number of hydrogen-bond donors (Lipinski definition) is 0. The molecule has 0 unspecified atom stereocenters. The topological polar surface area (TPSA) is 18.5 Å². The SMILES string of the molecule is CC=C1C=CC(COc2ccc(C3(c4ccc(OC(C)C)cc4)CCCCC3)cc2)=C[CH+]1. The van der Waals surface area contributed by atoms with Crippen LogP contribution < -0.4 is 9.47 Å². The first-order valence-corrected chi connectivity index (χ1v) is 12.0. The van der Waals surface area contributed by atoms with Gasteiger partial charge in [0.15, 0.2) is 0 Å². The van der Waals surface area contributed by atoms with E-state index in [0.717, 1.165) is 11.5 Å². The molecule has 0 spiro atoms. The molecule has 0 amide bonds. The van der Waals surface area contributed by atoms with Crippen LogP contribution in [0.25, 0.3) is 0 Å². The highest BCUT2D eigenvalue weighted by atomic mass is 16.5. The molecule has 2 aliphatic rings. The highest BCUT2D eigenvalue weighted by Crippen LogP contribution is 2.45. The lowest BCUT2D eigenvalue weighted by Gasteiger charge is -2.38. The zero-order valence-electron chi connectivity index (χ0n) is 19.6. The molecule has 2 heteroatoms. The van der Waals surface area contributed by atoms with Crippen LogP contribution in [0.1, 0.15) is 64.0 Å². The monoisotopic (exact) mass is 427 g/mol. The number of ether oxygens (including phenoxy) is 2. The van der Waals surface area contributed by atoms with E-state index in [-0.39, 0.29) is 11.5 Å². The van der Waals surface area contributed by atoms with Gasteiger partial charge in [0, 0.05) is 30.1 Å². The zero-order valence-corrected chi connectivity index (χ0v) is 19.6. The lowest BCUT2D eigenvalue weighted by Crippen LogP contribution is -2.30. The fraction of sp³-hybridized carbons (Fsp3) is 0.367. The van der Waals surface area contributed by atoms with Crippen molar-refractivity contribution in [3.63, 3.8) is 0 Å². The summed E-state index contributed by atoms with van der Waals surface area (Å²) >= 11 is 0. The third-order valence-electron chi connectivity index (χ3n) is 6.61. The molecule has 0 aliphatic heterocycles. The van der Waals surface area contributed by atoms with Gasteiger partial charge < -0.3 is 9.47 Å². The average molecular weight is 428 g/mol. The fourth-order valence-electron chi connectivity index (χ4n) is 4.87.